The van der Waals surface area contributed by atoms with Gasteiger partial charge in [-0.15, -0.1) is 0 Å². The first kappa shape index (κ1) is 19.9. The summed E-state index contributed by atoms with van der Waals surface area (Å²) in [5.74, 6) is -0.388. The minimum Gasteiger partial charge on any atom is -0.481 e. The van der Waals surface area contributed by atoms with Crippen LogP contribution < -0.4 is 0 Å². The molecule has 0 atom stereocenters. The number of carboxylic acids is 1. The Kier molecular flexibility index (Phi) is 6.98. The molecule has 1 saturated heterocycles. The Balaban J connectivity index is 1.94. The van der Waals surface area contributed by atoms with E-state index >= 15 is 0 Å². The fourth-order valence-electron chi connectivity index (χ4n) is 2.80. The lowest BCUT2D eigenvalue weighted by molar-refractivity contribution is -0.136. The molecule has 1 N–H and O–H groups in total. The van der Waals surface area contributed by atoms with E-state index in [9.17, 15) is 13.2 Å². The fraction of sp³-hybridized carbons (Fsp3) is 0.611. The predicted octanol–water partition coefficient (Wildman–Crippen LogP) is 2.53. The number of piperidine rings is 1. The molecule has 1 heterocycles. The zero-order valence-electron chi connectivity index (χ0n) is 14.8. The largest absolute Gasteiger partial charge is 0.481 e. The molecule has 25 heavy (non-hydrogen) atoms. The van der Waals surface area contributed by atoms with E-state index in [1.165, 1.54) is 4.31 Å². The SMILES string of the molecule is CC(C)COC1CCN(S(=O)(=O)c2ccc(CCC(=O)O)cc2)CC1. The van der Waals surface area contributed by atoms with Crippen LogP contribution in [0.15, 0.2) is 29.2 Å². The first-order chi connectivity index (χ1) is 11.8. The van der Waals surface area contributed by atoms with Gasteiger partial charge >= 0.3 is 5.97 Å². The number of nitrogens with zero attached hydrogens (tertiary/aromatic N) is 1. The smallest absolute Gasteiger partial charge is 0.303 e. The summed E-state index contributed by atoms with van der Waals surface area (Å²) in [5, 5.41) is 8.71. The second-order valence-electron chi connectivity index (χ2n) is 6.87. The molecule has 7 heteroatoms. The van der Waals surface area contributed by atoms with Crippen LogP contribution >= 0.6 is 0 Å². The molecule has 1 aliphatic heterocycles. The summed E-state index contributed by atoms with van der Waals surface area (Å²) in [7, 11) is -3.50. The molecular weight excluding hydrogens is 342 g/mol. The first-order valence-electron chi connectivity index (χ1n) is 8.71. The maximum atomic E-state index is 12.7. The van der Waals surface area contributed by atoms with Crippen LogP contribution in [-0.2, 0) is 26.0 Å². The van der Waals surface area contributed by atoms with Crippen LogP contribution in [0, 0.1) is 5.92 Å². The van der Waals surface area contributed by atoms with Crippen molar-refractivity contribution < 1.29 is 23.1 Å². The number of aliphatic carboxylic acids is 1. The Bertz CT molecular complexity index is 661. The third kappa shape index (κ3) is 5.80. The summed E-state index contributed by atoms with van der Waals surface area (Å²) in [6, 6.07) is 6.50. The van der Waals surface area contributed by atoms with E-state index in [-0.39, 0.29) is 17.4 Å². The normalized spacial score (nSPS) is 17.1. The lowest BCUT2D eigenvalue weighted by atomic mass is 10.1. The molecule has 0 amide bonds. The zero-order valence-corrected chi connectivity index (χ0v) is 15.7. The van der Waals surface area contributed by atoms with Gasteiger partial charge in [-0.3, -0.25) is 4.79 Å². The second kappa shape index (κ2) is 8.78. The number of hydrogen-bond donors (Lipinski definition) is 1. The van der Waals surface area contributed by atoms with Crippen molar-refractivity contribution in [1.29, 1.82) is 0 Å². The number of benzene rings is 1. The molecule has 0 saturated carbocycles. The number of carboxylic acid groups (broad SMARTS) is 1. The molecule has 0 radical (unpaired) electrons. The van der Waals surface area contributed by atoms with Crippen molar-refractivity contribution in [3.8, 4) is 0 Å². The number of rotatable bonds is 8. The molecule has 0 bridgehead atoms. The highest BCUT2D eigenvalue weighted by Crippen LogP contribution is 2.23. The van der Waals surface area contributed by atoms with Crippen molar-refractivity contribution in [2.75, 3.05) is 19.7 Å². The van der Waals surface area contributed by atoms with E-state index in [0.717, 1.165) is 5.56 Å². The van der Waals surface area contributed by atoms with E-state index < -0.39 is 16.0 Å². The fourth-order valence-corrected chi connectivity index (χ4v) is 4.27. The molecule has 1 aromatic rings. The Labute approximate surface area is 149 Å². The number of aryl methyl sites for hydroxylation is 1. The minimum absolute atomic E-state index is 0.0377. The van der Waals surface area contributed by atoms with Crippen molar-refractivity contribution in [3.63, 3.8) is 0 Å². The Morgan fingerprint density at radius 3 is 2.36 bits per heavy atom. The Hall–Kier alpha value is -1.44. The van der Waals surface area contributed by atoms with Crippen molar-refractivity contribution in [1.82, 2.24) is 4.31 Å². The lowest BCUT2D eigenvalue weighted by Crippen LogP contribution is -2.41. The van der Waals surface area contributed by atoms with Crippen LogP contribution in [0.5, 0.6) is 0 Å². The maximum absolute atomic E-state index is 12.7. The predicted molar refractivity (Wildman–Crippen MR) is 95.0 cm³/mol. The van der Waals surface area contributed by atoms with Gasteiger partial charge in [-0.2, -0.15) is 4.31 Å². The van der Waals surface area contributed by atoms with E-state index in [0.29, 0.717) is 44.9 Å². The van der Waals surface area contributed by atoms with Crippen molar-refractivity contribution in [2.24, 2.45) is 5.92 Å². The summed E-state index contributed by atoms with van der Waals surface area (Å²) in [5.41, 5.74) is 0.821. The van der Waals surface area contributed by atoms with Crippen molar-refractivity contribution in [2.45, 2.75) is 50.5 Å². The van der Waals surface area contributed by atoms with Gasteiger partial charge in [0.15, 0.2) is 0 Å². The van der Waals surface area contributed by atoms with Crippen LogP contribution in [0.3, 0.4) is 0 Å². The minimum atomic E-state index is -3.50. The van der Waals surface area contributed by atoms with E-state index in [2.05, 4.69) is 13.8 Å². The summed E-state index contributed by atoms with van der Waals surface area (Å²) < 4.78 is 32.8. The lowest BCUT2D eigenvalue weighted by Gasteiger charge is -2.31. The first-order valence-corrected chi connectivity index (χ1v) is 10.2. The van der Waals surface area contributed by atoms with Gasteiger partial charge in [0.25, 0.3) is 0 Å². The van der Waals surface area contributed by atoms with E-state index in [1.807, 2.05) is 0 Å². The average Bonchev–Trinajstić information content (AvgIpc) is 2.59. The molecule has 0 unspecified atom stereocenters. The highest BCUT2D eigenvalue weighted by atomic mass is 32.2. The quantitative estimate of drug-likeness (QED) is 0.761. The van der Waals surface area contributed by atoms with Crippen molar-refractivity contribution in [3.05, 3.63) is 29.8 Å². The summed E-state index contributed by atoms with van der Waals surface area (Å²) >= 11 is 0. The molecule has 1 aliphatic rings. The van der Waals surface area contributed by atoms with Crippen LogP contribution in [0.25, 0.3) is 0 Å². The van der Waals surface area contributed by atoms with Crippen LogP contribution in [0.4, 0.5) is 0 Å². The van der Waals surface area contributed by atoms with Gasteiger partial charge in [0.1, 0.15) is 0 Å². The van der Waals surface area contributed by atoms with Crippen LogP contribution in [0.1, 0.15) is 38.7 Å². The highest BCUT2D eigenvalue weighted by molar-refractivity contribution is 7.89. The highest BCUT2D eigenvalue weighted by Gasteiger charge is 2.29. The number of sulfonamides is 1. The zero-order chi connectivity index (χ0) is 18.4. The van der Waals surface area contributed by atoms with E-state index in [1.54, 1.807) is 24.3 Å². The second-order valence-corrected chi connectivity index (χ2v) is 8.81. The Morgan fingerprint density at radius 1 is 1.24 bits per heavy atom. The molecule has 6 nitrogen and oxygen atoms in total. The topological polar surface area (TPSA) is 83.9 Å². The van der Waals surface area contributed by atoms with Gasteiger partial charge in [-0.05, 0) is 42.9 Å². The third-order valence-corrected chi connectivity index (χ3v) is 6.17. The van der Waals surface area contributed by atoms with Gasteiger partial charge in [-0.25, -0.2) is 8.42 Å². The maximum Gasteiger partial charge on any atom is 0.303 e. The average molecular weight is 369 g/mol. The van der Waals surface area contributed by atoms with Gasteiger partial charge in [0.05, 0.1) is 11.0 Å². The van der Waals surface area contributed by atoms with Gasteiger partial charge in [-0.1, -0.05) is 26.0 Å². The molecular formula is C18H27NO5S. The van der Waals surface area contributed by atoms with E-state index in [4.69, 9.17) is 9.84 Å². The molecule has 0 aromatic heterocycles. The summed E-state index contributed by atoms with van der Waals surface area (Å²) in [4.78, 5) is 10.9. The molecule has 140 valence electrons. The number of ether oxygens (including phenoxy) is 1. The van der Waals surface area contributed by atoms with Crippen LogP contribution in [-0.4, -0.2) is 49.6 Å². The Morgan fingerprint density at radius 2 is 1.84 bits per heavy atom. The van der Waals surface area contributed by atoms with Gasteiger partial charge < -0.3 is 9.84 Å². The summed E-state index contributed by atoms with van der Waals surface area (Å²) in [6.45, 7) is 5.83. The number of carbonyl (C=O) groups is 1. The number of hydrogen-bond acceptors (Lipinski definition) is 4. The molecule has 1 aromatic carbocycles. The molecule has 2 rings (SSSR count). The molecule has 0 aliphatic carbocycles. The molecule has 0 spiro atoms. The third-order valence-electron chi connectivity index (χ3n) is 4.25. The summed E-state index contributed by atoms with van der Waals surface area (Å²) in [6.07, 6.45) is 1.99. The standard InChI is InChI=1S/C18H27NO5S/c1-14(2)13-24-16-9-11-19(12-10-16)25(22,23)17-6-3-15(4-7-17)5-8-18(20)21/h3-4,6-7,14,16H,5,8-13H2,1-2H3,(H,20,21). The molecule has 1 fully saturated rings. The monoisotopic (exact) mass is 369 g/mol. The van der Waals surface area contributed by atoms with Gasteiger partial charge in [0, 0.05) is 26.1 Å². The van der Waals surface area contributed by atoms with Crippen molar-refractivity contribution >= 4 is 16.0 Å². The van der Waals surface area contributed by atoms with Gasteiger partial charge in [0.2, 0.25) is 10.0 Å². The van der Waals surface area contributed by atoms with Crippen LogP contribution in [0.2, 0.25) is 0 Å².